The van der Waals surface area contributed by atoms with Crippen LogP contribution in [0.4, 0.5) is 4.39 Å². The van der Waals surface area contributed by atoms with E-state index in [0.29, 0.717) is 24.5 Å². The minimum atomic E-state index is -0.442. The van der Waals surface area contributed by atoms with Gasteiger partial charge in [0.2, 0.25) is 0 Å². The predicted octanol–water partition coefficient (Wildman–Crippen LogP) is 2.29. The summed E-state index contributed by atoms with van der Waals surface area (Å²) in [6.07, 6.45) is 1.47. The molecule has 2 rings (SSSR count). The molecule has 20 heavy (non-hydrogen) atoms. The molecule has 0 radical (unpaired) electrons. The molecule has 0 spiro atoms. The maximum absolute atomic E-state index is 14.3. The standard InChI is InChI=1S/C15H22FNO3/c1-17-14(15(19-3)6-8-20-9-7-15)12-5-4-11(18-2)10-13(12)16/h4-5,10,14,17H,6-9H2,1-3H3. The van der Waals surface area contributed by atoms with E-state index in [1.165, 1.54) is 13.2 Å². The number of ether oxygens (including phenoxy) is 3. The van der Waals surface area contributed by atoms with Crippen LogP contribution in [-0.2, 0) is 9.47 Å². The molecule has 1 heterocycles. The van der Waals surface area contributed by atoms with Crippen LogP contribution in [0.15, 0.2) is 18.2 Å². The molecule has 1 atom stereocenters. The van der Waals surface area contributed by atoms with E-state index in [-0.39, 0.29) is 11.9 Å². The summed E-state index contributed by atoms with van der Waals surface area (Å²) in [5.41, 5.74) is 0.152. The van der Waals surface area contributed by atoms with E-state index < -0.39 is 5.60 Å². The van der Waals surface area contributed by atoms with Gasteiger partial charge in [-0.25, -0.2) is 4.39 Å². The van der Waals surface area contributed by atoms with E-state index >= 15 is 0 Å². The highest BCUT2D eigenvalue weighted by Gasteiger charge is 2.41. The zero-order chi connectivity index (χ0) is 14.6. The van der Waals surface area contributed by atoms with Crippen molar-refractivity contribution in [2.24, 2.45) is 0 Å². The molecule has 1 aliphatic rings. The van der Waals surface area contributed by atoms with E-state index in [4.69, 9.17) is 14.2 Å². The predicted molar refractivity (Wildman–Crippen MR) is 74.5 cm³/mol. The van der Waals surface area contributed by atoms with Crippen molar-refractivity contribution in [3.05, 3.63) is 29.6 Å². The second-order valence-electron chi connectivity index (χ2n) is 4.99. The average Bonchev–Trinajstić information content (AvgIpc) is 2.50. The summed E-state index contributed by atoms with van der Waals surface area (Å²) in [7, 11) is 5.03. The molecule has 0 aromatic heterocycles. The molecule has 1 unspecified atom stereocenters. The Labute approximate surface area is 119 Å². The van der Waals surface area contributed by atoms with Crippen LogP contribution in [0.3, 0.4) is 0 Å². The molecule has 0 bridgehead atoms. The molecule has 1 aliphatic heterocycles. The van der Waals surface area contributed by atoms with Gasteiger partial charge in [0.1, 0.15) is 11.6 Å². The molecular weight excluding hydrogens is 261 g/mol. The van der Waals surface area contributed by atoms with Crippen LogP contribution in [0.25, 0.3) is 0 Å². The second kappa shape index (κ2) is 6.52. The van der Waals surface area contributed by atoms with Gasteiger partial charge in [-0.2, -0.15) is 0 Å². The Bertz CT molecular complexity index is 447. The molecule has 0 saturated carbocycles. The molecular formula is C15H22FNO3. The molecule has 1 saturated heterocycles. The summed E-state index contributed by atoms with van der Waals surface area (Å²) < 4.78 is 30.5. The quantitative estimate of drug-likeness (QED) is 0.900. The lowest BCUT2D eigenvalue weighted by Gasteiger charge is -2.42. The summed E-state index contributed by atoms with van der Waals surface area (Å²) in [5, 5.41) is 3.20. The van der Waals surface area contributed by atoms with E-state index in [0.717, 1.165) is 12.8 Å². The summed E-state index contributed by atoms with van der Waals surface area (Å²) in [4.78, 5) is 0. The lowest BCUT2D eigenvalue weighted by molar-refractivity contribution is -0.111. The molecule has 1 N–H and O–H groups in total. The average molecular weight is 283 g/mol. The molecule has 0 aliphatic carbocycles. The van der Waals surface area contributed by atoms with Crippen LogP contribution in [0.2, 0.25) is 0 Å². The topological polar surface area (TPSA) is 39.7 Å². The van der Waals surface area contributed by atoms with Gasteiger partial charge in [0.15, 0.2) is 0 Å². The summed E-state index contributed by atoms with van der Waals surface area (Å²) in [6, 6.07) is 4.71. The van der Waals surface area contributed by atoms with Gasteiger partial charge in [-0.15, -0.1) is 0 Å². The third kappa shape index (κ3) is 2.80. The van der Waals surface area contributed by atoms with E-state index in [2.05, 4.69) is 5.32 Å². The van der Waals surface area contributed by atoms with Crippen molar-refractivity contribution in [1.82, 2.24) is 5.32 Å². The Kier molecular flexibility index (Phi) is 4.96. The van der Waals surface area contributed by atoms with Gasteiger partial charge in [-0.1, -0.05) is 6.07 Å². The minimum Gasteiger partial charge on any atom is -0.497 e. The van der Waals surface area contributed by atoms with Crippen LogP contribution >= 0.6 is 0 Å². The number of nitrogens with one attached hydrogen (secondary N) is 1. The molecule has 0 amide bonds. The fraction of sp³-hybridized carbons (Fsp3) is 0.600. The number of benzene rings is 1. The van der Waals surface area contributed by atoms with Gasteiger partial charge in [-0.3, -0.25) is 0 Å². The molecule has 4 nitrogen and oxygen atoms in total. The number of rotatable bonds is 5. The number of likely N-dealkylation sites (N-methyl/N-ethyl adjacent to an activating group) is 1. The summed E-state index contributed by atoms with van der Waals surface area (Å²) in [6.45, 7) is 1.26. The van der Waals surface area contributed by atoms with Gasteiger partial charge in [0.05, 0.1) is 18.8 Å². The molecule has 112 valence electrons. The lowest BCUT2D eigenvalue weighted by atomic mass is 9.82. The van der Waals surface area contributed by atoms with Crippen molar-refractivity contribution in [2.45, 2.75) is 24.5 Å². The van der Waals surface area contributed by atoms with Crippen molar-refractivity contribution >= 4 is 0 Å². The monoisotopic (exact) mass is 283 g/mol. The van der Waals surface area contributed by atoms with E-state index in [1.54, 1.807) is 19.2 Å². The zero-order valence-electron chi connectivity index (χ0n) is 12.2. The SMILES string of the molecule is CNC(c1ccc(OC)cc1F)C1(OC)CCOCC1. The van der Waals surface area contributed by atoms with Crippen molar-refractivity contribution in [3.8, 4) is 5.75 Å². The third-order valence-corrected chi connectivity index (χ3v) is 4.08. The van der Waals surface area contributed by atoms with Gasteiger partial charge in [0.25, 0.3) is 0 Å². The first-order chi connectivity index (χ1) is 9.66. The largest absolute Gasteiger partial charge is 0.497 e. The first-order valence-corrected chi connectivity index (χ1v) is 6.80. The smallest absolute Gasteiger partial charge is 0.131 e. The Morgan fingerprint density at radius 1 is 1.30 bits per heavy atom. The zero-order valence-corrected chi connectivity index (χ0v) is 12.2. The van der Waals surface area contributed by atoms with Gasteiger partial charge < -0.3 is 19.5 Å². The van der Waals surface area contributed by atoms with Crippen LogP contribution < -0.4 is 10.1 Å². The molecule has 1 aromatic carbocycles. The fourth-order valence-electron chi connectivity index (χ4n) is 2.90. The maximum Gasteiger partial charge on any atom is 0.131 e. The van der Waals surface area contributed by atoms with E-state index in [9.17, 15) is 4.39 Å². The minimum absolute atomic E-state index is 0.220. The third-order valence-electron chi connectivity index (χ3n) is 4.08. The molecule has 1 aromatic rings. The Balaban J connectivity index is 2.35. The Morgan fingerprint density at radius 2 is 2.00 bits per heavy atom. The number of halogens is 1. The van der Waals surface area contributed by atoms with Crippen molar-refractivity contribution in [2.75, 3.05) is 34.5 Å². The fourth-order valence-corrected chi connectivity index (χ4v) is 2.90. The van der Waals surface area contributed by atoms with Gasteiger partial charge >= 0.3 is 0 Å². The van der Waals surface area contributed by atoms with Crippen LogP contribution in [-0.4, -0.2) is 40.1 Å². The van der Waals surface area contributed by atoms with Gasteiger partial charge in [-0.05, 0) is 13.1 Å². The van der Waals surface area contributed by atoms with Crippen LogP contribution in [0, 0.1) is 5.82 Å². The highest BCUT2D eigenvalue weighted by atomic mass is 19.1. The maximum atomic E-state index is 14.3. The van der Waals surface area contributed by atoms with Gasteiger partial charge in [0, 0.05) is 44.8 Å². The second-order valence-corrected chi connectivity index (χ2v) is 4.99. The van der Waals surface area contributed by atoms with E-state index in [1.807, 2.05) is 7.05 Å². The highest BCUT2D eigenvalue weighted by molar-refractivity contribution is 5.32. The summed E-state index contributed by atoms with van der Waals surface area (Å²) in [5.74, 6) is 0.228. The highest BCUT2D eigenvalue weighted by Crippen LogP contribution is 2.38. The first kappa shape index (κ1) is 15.2. The van der Waals surface area contributed by atoms with Crippen molar-refractivity contribution < 1.29 is 18.6 Å². The summed E-state index contributed by atoms with van der Waals surface area (Å²) >= 11 is 0. The molecule has 1 fully saturated rings. The first-order valence-electron chi connectivity index (χ1n) is 6.80. The number of hydrogen-bond acceptors (Lipinski definition) is 4. The molecule has 5 heteroatoms. The van der Waals surface area contributed by atoms with Crippen molar-refractivity contribution in [3.63, 3.8) is 0 Å². The van der Waals surface area contributed by atoms with Crippen LogP contribution in [0.1, 0.15) is 24.4 Å². The number of hydrogen-bond donors (Lipinski definition) is 1. The lowest BCUT2D eigenvalue weighted by Crippen LogP contribution is -2.48. The number of methoxy groups -OCH3 is 2. The Morgan fingerprint density at radius 3 is 2.50 bits per heavy atom. The normalized spacial score (nSPS) is 19.6. The van der Waals surface area contributed by atoms with Crippen LogP contribution in [0.5, 0.6) is 5.75 Å². The van der Waals surface area contributed by atoms with Crippen molar-refractivity contribution in [1.29, 1.82) is 0 Å². The Hall–Kier alpha value is -1.17.